The highest BCUT2D eigenvalue weighted by molar-refractivity contribution is 6.00. The van der Waals surface area contributed by atoms with Gasteiger partial charge in [-0.2, -0.15) is 0 Å². The Bertz CT molecular complexity index is 1530. The van der Waals surface area contributed by atoms with Crippen LogP contribution in [0, 0.1) is 0 Å². The first kappa shape index (κ1) is 33.8. The maximum absolute atomic E-state index is 13.0. The third-order valence-electron chi connectivity index (χ3n) is 6.79. The predicted octanol–water partition coefficient (Wildman–Crippen LogP) is 1.95. The average Bonchev–Trinajstić information content (AvgIpc) is 3.01. The number of rotatable bonds is 15. The van der Waals surface area contributed by atoms with E-state index < -0.39 is 64.2 Å². The van der Waals surface area contributed by atoms with E-state index in [1.807, 2.05) is 0 Å². The standard InChI is InChI=1S/C31H36N4O10/c36-22-12-5-8-18(25(22)39)28(42)32-15-2-1-11-21(35-30(44)20-10-7-14-24(38)27(20)41)31(45)34-17-4-3-16-33-29(43)19-9-6-13-23(37)26(19)40/h5-10,12-14,21,36-41H,1-4,11,15-17H2,(H,32,42)(H,33,43)(H,34,45)(H,35,44)/t21-/m0/s1. The van der Waals surface area contributed by atoms with Gasteiger partial charge >= 0.3 is 0 Å². The monoisotopic (exact) mass is 624 g/mol. The summed E-state index contributed by atoms with van der Waals surface area (Å²) in [6.07, 6.45) is 1.86. The molecule has 14 nitrogen and oxygen atoms in total. The molecule has 10 N–H and O–H groups in total. The molecular weight excluding hydrogens is 588 g/mol. The summed E-state index contributed by atoms with van der Waals surface area (Å²) in [5.41, 5.74) is -0.390. The molecule has 14 heteroatoms. The summed E-state index contributed by atoms with van der Waals surface area (Å²) in [6.45, 7) is 0.613. The van der Waals surface area contributed by atoms with Crippen molar-refractivity contribution in [2.75, 3.05) is 19.6 Å². The van der Waals surface area contributed by atoms with E-state index >= 15 is 0 Å². The van der Waals surface area contributed by atoms with E-state index in [1.165, 1.54) is 54.6 Å². The number of hydrogen-bond donors (Lipinski definition) is 10. The molecule has 0 aliphatic rings. The molecular formula is C31H36N4O10. The first-order valence-corrected chi connectivity index (χ1v) is 14.2. The fraction of sp³-hybridized carbons (Fsp3) is 0.290. The molecule has 0 aliphatic heterocycles. The molecule has 3 aromatic rings. The average molecular weight is 625 g/mol. The van der Waals surface area contributed by atoms with Gasteiger partial charge < -0.3 is 51.9 Å². The van der Waals surface area contributed by atoms with Crippen molar-refractivity contribution in [2.45, 2.75) is 38.1 Å². The fourth-order valence-corrected chi connectivity index (χ4v) is 4.30. The van der Waals surface area contributed by atoms with Crippen LogP contribution >= 0.6 is 0 Å². The predicted molar refractivity (Wildman–Crippen MR) is 161 cm³/mol. The molecule has 0 saturated heterocycles. The van der Waals surface area contributed by atoms with E-state index in [-0.39, 0.29) is 42.7 Å². The summed E-state index contributed by atoms with van der Waals surface area (Å²) < 4.78 is 0. The zero-order chi connectivity index (χ0) is 32.9. The van der Waals surface area contributed by atoms with Crippen molar-refractivity contribution in [2.24, 2.45) is 0 Å². The molecule has 0 unspecified atom stereocenters. The first-order valence-electron chi connectivity index (χ1n) is 14.2. The van der Waals surface area contributed by atoms with Crippen molar-refractivity contribution in [3.05, 3.63) is 71.3 Å². The highest BCUT2D eigenvalue weighted by Crippen LogP contribution is 2.29. The highest BCUT2D eigenvalue weighted by Gasteiger charge is 2.23. The Morgan fingerprint density at radius 2 is 0.889 bits per heavy atom. The summed E-state index contributed by atoms with van der Waals surface area (Å²) in [4.78, 5) is 50.4. The molecule has 3 aromatic carbocycles. The summed E-state index contributed by atoms with van der Waals surface area (Å²) >= 11 is 0. The van der Waals surface area contributed by atoms with E-state index in [0.717, 1.165) is 0 Å². The van der Waals surface area contributed by atoms with Gasteiger partial charge in [0.25, 0.3) is 17.7 Å². The highest BCUT2D eigenvalue weighted by atomic mass is 16.3. The van der Waals surface area contributed by atoms with Crippen molar-refractivity contribution in [3.8, 4) is 34.5 Å². The third-order valence-corrected chi connectivity index (χ3v) is 6.79. The number of unbranched alkanes of at least 4 members (excludes halogenated alkanes) is 2. The van der Waals surface area contributed by atoms with E-state index in [2.05, 4.69) is 21.3 Å². The van der Waals surface area contributed by atoms with E-state index in [4.69, 9.17) is 0 Å². The Balaban J connectivity index is 1.49. The Morgan fingerprint density at radius 3 is 1.33 bits per heavy atom. The van der Waals surface area contributed by atoms with Crippen LogP contribution in [-0.4, -0.2) is 79.9 Å². The normalized spacial score (nSPS) is 11.3. The van der Waals surface area contributed by atoms with Crippen molar-refractivity contribution >= 4 is 23.6 Å². The second-order valence-electron chi connectivity index (χ2n) is 10.1. The molecule has 240 valence electrons. The van der Waals surface area contributed by atoms with Crippen molar-refractivity contribution in [3.63, 3.8) is 0 Å². The third kappa shape index (κ3) is 9.41. The fourth-order valence-electron chi connectivity index (χ4n) is 4.30. The zero-order valence-corrected chi connectivity index (χ0v) is 24.2. The molecule has 1 atom stereocenters. The number of carbonyl (C=O) groups is 4. The van der Waals surface area contributed by atoms with Gasteiger partial charge in [-0.1, -0.05) is 18.2 Å². The van der Waals surface area contributed by atoms with E-state index in [0.29, 0.717) is 25.7 Å². The van der Waals surface area contributed by atoms with Crippen LogP contribution in [0.25, 0.3) is 0 Å². The maximum Gasteiger partial charge on any atom is 0.255 e. The SMILES string of the molecule is O=C(NCCCCNC(=O)[C@H](CCCCNC(=O)c1cccc(O)c1O)NC(=O)c1cccc(O)c1O)c1cccc(O)c1O. The first-order chi connectivity index (χ1) is 21.5. The van der Waals surface area contributed by atoms with Gasteiger partial charge in [-0.3, -0.25) is 19.2 Å². The van der Waals surface area contributed by atoms with Crippen LogP contribution in [0.4, 0.5) is 0 Å². The number of nitrogens with one attached hydrogen (secondary N) is 4. The summed E-state index contributed by atoms with van der Waals surface area (Å²) in [7, 11) is 0. The molecule has 45 heavy (non-hydrogen) atoms. The second-order valence-corrected chi connectivity index (χ2v) is 10.1. The maximum atomic E-state index is 13.0. The van der Waals surface area contributed by atoms with Gasteiger partial charge in [-0.25, -0.2) is 0 Å². The number of carbonyl (C=O) groups excluding carboxylic acids is 4. The number of phenols is 6. The van der Waals surface area contributed by atoms with Crippen LogP contribution in [0.2, 0.25) is 0 Å². The Morgan fingerprint density at radius 1 is 0.511 bits per heavy atom. The van der Waals surface area contributed by atoms with Gasteiger partial charge in [-0.15, -0.1) is 0 Å². The topological polar surface area (TPSA) is 238 Å². The van der Waals surface area contributed by atoms with Crippen molar-refractivity contribution in [1.82, 2.24) is 21.3 Å². The molecule has 0 saturated carbocycles. The lowest BCUT2D eigenvalue weighted by atomic mass is 10.1. The molecule has 3 rings (SSSR count). The molecule has 0 aromatic heterocycles. The molecule has 0 radical (unpaired) electrons. The van der Waals surface area contributed by atoms with E-state index in [1.54, 1.807) is 0 Å². The quantitative estimate of drug-likeness (QED) is 0.0871. The number of hydrogen-bond acceptors (Lipinski definition) is 10. The Labute approximate surface area is 258 Å². The molecule has 4 amide bonds. The Hall–Kier alpha value is -5.66. The number of phenolic OH excluding ortho intramolecular Hbond substituents is 6. The minimum absolute atomic E-state index is 0.0725. The van der Waals surface area contributed by atoms with Crippen molar-refractivity contribution < 1.29 is 49.8 Å². The number of para-hydroxylation sites is 3. The smallest absolute Gasteiger partial charge is 0.255 e. The largest absolute Gasteiger partial charge is 0.504 e. The van der Waals surface area contributed by atoms with Gasteiger partial charge in [0.2, 0.25) is 5.91 Å². The molecule has 0 heterocycles. The summed E-state index contributed by atoms with van der Waals surface area (Å²) in [6, 6.07) is 10.9. The second kappa shape index (κ2) is 16.3. The minimum atomic E-state index is -1.03. The van der Waals surface area contributed by atoms with Crippen LogP contribution < -0.4 is 21.3 Å². The van der Waals surface area contributed by atoms with Gasteiger partial charge in [0.1, 0.15) is 6.04 Å². The lowest BCUT2D eigenvalue weighted by molar-refractivity contribution is -0.123. The molecule has 0 aliphatic carbocycles. The zero-order valence-electron chi connectivity index (χ0n) is 24.2. The van der Waals surface area contributed by atoms with Gasteiger partial charge in [-0.05, 0) is 68.5 Å². The van der Waals surface area contributed by atoms with Crippen molar-refractivity contribution in [1.29, 1.82) is 0 Å². The molecule has 0 fully saturated rings. The summed E-state index contributed by atoms with van der Waals surface area (Å²) in [5, 5.41) is 69.1. The van der Waals surface area contributed by atoms with Crippen LogP contribution in [-0.2, 0) is 4.79 Å². The number of amides is 4. The minimum Gasteiger partial charge on any atom is -0.504 e. The van der Waals surface area contributed by atoms with Crippen LogP contribution in [0.5, 0.6) is 34.5 Å². The van der Waals surface area contributed by atoms with Crippen LogP contribution in [0.3, 0.4) is 0 Å². The lowest BCUT2D eigenvalue weighted by Crippen LogP contribution is -2.47. The summed E-state index contributed by atoms with van der Waals surface area (Å²) in [5.74, 6) is -5.49. The van der Waals surface area contributed by atoms with Crippen LogP contribution in [0.1, 0.15) is 63.2 Å². The van der Waals surface area contributed by atoms with Gasteiger partial charge in [0, 0.05) is 19.6 Å². The van der Waals surface area contributed by atoms with Gasteiger partial charge in [0.05, 0.1) is 16.7 Å². The van der Waals surface area contributed by atoms with E-state index in [9.17, 15) is 49.8 Å². The molecule has 0 spiro atoms. The lowest BCUT2D eigenvalue weighted by Gasteiger charge is -2.19. The van der Waals surface area contributed by atoms with Gasteiger partial charge in [0.15, 0.2) is 34.5 Å². The van der Waals surface area contributed by atoms with Crippen LogP contribution in [0.15, 0.2) is 54.6 Å². The number of aromatic hydroxyl groups is 6. The molecule has 0 bridgehead atoms. The Kier molecular flexibility index (Phi) is 12.2. The number of benzene rings is 3.